The Morgan fingerprint density at radius 1 is 1.42 bits per heavy atom. The van der Waals surface area contributed by atoms with Crippen molar-refractivity contribution in [3.63, 3.8) is 0 Å². The quantitative estimate of drug-likeness (QED) is 0.534. The van der Waals surface area contributed by atoms with Crippen molar-refractivity contribution in [1.29, 1.82) is 5.26 Å². The van der Waals surface area contributed by atoms with Gasteiger partial charge in [0.2, 0.25) is 0 Å². The highest BCUT2D eigenvalue weighted by atomic mass is 16.3. The summed E-state index contributed by atoms with van der Waals surface area (Å²) in [5.41, 5.74) is -1.12. The summed E-state index contributed by atoms with van der Waals surface area (Å²) in [4.78, 5) is 2.15. The molecule has 0 saturated carbocycles. The Labute approximate surface area is 73.6 Å². The fourth-order valence-corrected chi connectivity index (χ4v) is 1.99. The van der Waals surface area contributed by atoms with Gasteiger partial charge in [-0.1, -0.05) is 13.8 Å². The molecule has 3 nitrogen and oxygen atoms in total. The first-order chi connectivity index (χ1) is 5.50. The standard InChI is InChI=1S/C9H16N2O/c1-7-4-11(3)5-8(2)9(7,12)6-10/h7-8,12H,4-5H2,1-3H3/t7-,8+,9?. The molecule has 12 heavy (non-hydrogen) atoms. The van der Waals surface area contributed by atoms with Gasteiger partial charge in [-0.15, -0.1) is 0 Å². The van der Waals surface area contributed by atoms with E-state index < -0.39 is 5.60 Å². The van der Waals surface area contributed by atoms with Crippen LogP contribution >= 0.6 is 0 Å². The maximum atomic E-state index is 9.95. The number of likely N-dealkylation sites (tertiary alicyclic amines) is 1. The lowest BCUT2D eigenvalue weighted by molar-refractivity contribution is -0.0569. The SMILES string of the molecule is C[C@@H]1CN(C)C[C@H](C)C1(O)C#N. The van der Waals surface area contributed by atoms with Crippen LogP contribution in [0.25, 0.3) is 0 Å². The second-order valence-electron chi connectivity index (χ2n) is 3.96. The van der Waals surface area contributed by atoms with Gasteiger partial charge in [0, 0.05) is 24.9 Å². The topological polar surface area (TPSA) is 47.3 Å². The molecule has 1 rings (SSSR count). The van der Waals surface area contributed by atoms with Crippen molar-refractivity contribution in [3.8, 4) is 6.07 Å². The van der Waals surface area contributed by atoms with E-state index in [9.17, 15) is 5.11 Å². The van der Waals surface area contributed by atoms with Crippen molar-refractivity contribution in [1.82, 2.24) is 4.90 Å². The molecule has 1 unspecified atom stereocenters. The number of rotatable bonds is 0. The van der Waals surface area contributed by atoms with Gasteiger partial charge >= 0.3 is 0 Å². The summed E-state index contributed by atoms with van der Waals surface area (Å²) in [6.45, 7) is 5.45. The summed E-state index contributed by atoms with van der Waals surface area (Å²) >= 11 is 0. The van der Waals surface area contributed by atoms with Crippen molar-refractivity contribution in [2.24, 2.45) is 11.8 Å². The first-order valence-corrected chi connectivity index (χ1v) is 4.33. The zero-order chi connectivity index (χ0) is 9.35. The van der Waals surface area contributed by atoms with Gasteiger partial charge in [0.1, 0.15) is 0 Å². The number of piperidine rings is 1. The minimum absolute atomic E-state index is 0.0382. The lowest BCUT2D eigenvalue weighted by atomic mass is 9.76. The van der Waals surface area contributed by atoms with Crippen LogP contribution in [0.3, 0.4) is 0 Å². The normalized spacial score (nSPS) is 43.9. The summed E-state index contributed by atoms with van der Waals surface area (Å²) in [6.07, 6.45) is 0. The van der Waals surface area contributed by atoms with Gasteiger partial charge in [-0.05, 0) is 7.05 Å². The van der Waals surface area contributed by atoms with Crippen LogP contribution in [0.1, 0.15) is 13.8 Å². The average molecular weight is 168 g/mol. The maximum absolute atomic E-state index is 9.95. The zero-order valence-corrected chi connectivity index (χ0v) is 7.91. The van der Waals surface area contributed by atoms with Crippen LogP contribution in [-0.4, -0.2) is 35.7 Å². The van der Waals surface area contributed by atoms with Crippen molar-refractivity contribution in [2.45, 2.75) is 19.4 Å². The molecule has 1 aliphatic heterocycles. The zero-order valence-electron chi connectivity index (χ0n) is 7.91. The molecule has 0 aromatic heterocycles. The number of hydrogen-bond acceptors (Lipinski definition) is 3. The van der Waals surface area contributed by atoms with Crippen molar-refractivity contribution < 1.29 is 5.11 Å². The second kappa shape index (κ2) is 3.04. The summed E-state index contributed by atoms with van der Waals surface area (Å²) in [5.74, 6) is 0.0764. The summed E-state index contributed by atoms with van der Waals surface area (Å²) in [6, 6.07) is 2.03. The Morgan fingerprint density at radius 2 is 1.83 bits per heavy atom. The van der Waals surface area contributed by atoms with Gasteiger partial charge in [0.05, 0.1) is 6.07 Å². The molecule has 0 spiro atoms. The van der Waals surface area contributed by atoms with E-state index in [1.807, 2.05) is 27.0 Å². The van der Waals surface area contributed by atoms with Gasteiger partial charge in [-0.2, -0.15) is 5.26 Å². The maximum Gasteiger partial charge on any atom is 0.158 e. The molecule has 1 N–H and O–H groups in total. The van der Waals surface area contributed by atoms with E-state index >= 15 is 0 Å². The molecule has 0 amide bonds. The minimum Gasteiger partial charge on any atom is -0.375 e. The highest BCUT2D eigenvalue weighted by Crippen LogP contribution is 2.31. The van der Waals surface area contributed by atoms with Crippen LogP contribution in [0.15, 0.2) is 0 Å². The van der Waals surface area contributed by atoms with Crippen LogP contribution < -0.4 is 0 Å². The Kier molecular flexibility index (Phi) is 2.41. The van der Waals surface area contributed by atoms with Crippen LogP contribution in [0.5, 0.6) is 0 Å². The van der Waals surface area contributed by atoms with E-state index in [4.69, 9.17) is 5.26 Å². The minimum atomic E-state index is -1.12. The van der Waals surface area contributed by atoms with E-state index in [0.717, 1.165) is 13.1 Å². The second-order valence-corrected chi connectivity index (χ2v) is 3.96. The molecule has 3 atom stereocenters. The van der Waals surface area contributed by atoms with E-state index in [2.05, 4.69) is 4.90 Å². The van der Waals surface area contributed by atoms with E-state index in [1.165, 1.54) is 0 Å². The van der Waals surface area contributed by atoms with Crippen LogP contribution in [-0.2, 0) is 0 Å². The predicted molar refractivity (Wildman–Crippen MR) is 46.4 cm³/mol. The molecule has 0 aromatic rings. The van der Waals surface area contributed by atoms with Gasteiger partial charge in [0.25, 0.3) is 0 Å². The third-order valence-corrected chi connectivity index (χ3v) is 2.85. The van der Waals surface area contributed by atoms with Gasteiger partial charge in [-0.3, -0.25) is 0 Å². The van der Waals surface area contributed by atoms with E-state index in [1.54, 1.807) is 0 Å². The molecule has 68 valence electrons. The Hall–Kier alpha value is -0.590. The Balaban J connectivity index is 2.82. The summed E-state index contributed by atoms with van der Waals surface area (Å²) in [7, 11) is 2.02. The molecular formula is C9H16N2O. The monoisotopic (exact) mass is 168 g/mol. The number of nitrogens with zero attached hydrogens (tertiary/aromatic N) is 2. The lowest BCUT2D eigenvalue weighted by Gasteiger charge is -2.42. The average Bonchev–Trinajstić information content (AvgIpc) is 2.00. The van der Waals surface area contributed by atoms with Crippen LogP contribution in [0, 0.1) is 23.2 Å². The first kappa shape index (κ1) is 9.50. The number of hydrogen-bond donors (Lipinski definition) is 1. The third-order valence-electron chi connectivity index (χ3n) is 2.85. The Morgan fingerprint density at radius 3 is 2.17 bits per heavy atom. The Bertz CT molecular complexity index is 197. The largest absolute Gasteiger partial charge is 0.375 e. The molecule has 1 saturated heterocycles. The summed E-state index contributed by atoms with van der Waals surface area (Å²) in [5, 5.41) is 18.8. The van der Waals surface area contributed by atoms with Crippen molar-refractivity contribution in [2.75, 3.05) is 20.1 Å². The third kappa shape index (κ3) is 1.33. The highest BCUT2D eigenvalue weighted by Gasteiger charge is 2.43. The molecule has 3 heteroatoms. The van der Waals surface area contributed by atoms with Gasteiger partial charge in [0.15, 0.2) is 5.60 Å². The molecule has 1 aliphatic rings. The van der Waals surface area contributed by atoms with Crippen molar-refractivity contribution in [3.05, 3.63) is 0 Å². The fourth-order valence-electron chi connectivity index (χ4n) is 1.99. The molecule has 1 heterocycles. The lowest BCUT2D eigenvalue weighted by Crippen LogP contribution is -2.54. The van der Waals surface area contributed by atoms with E-state index in [-0.39, 0.29) is 11.8 Å². The van der Waals surface area contributed by atoms with Crippen LogP contribution in [0.2, 0.25) is 0 Å². The number of aliphatic hydroxyl groups is 1. The molecule has 0 aliphatic carbocycles. The van der Waals surface area contributed by atoms with Crippen LogP contribution in [0.4, 0.5) is 0 Å². The van der Waals surface area contributed by atoms with Crippen molar-refractivity contribution >= 4 is 0 Å². The first-order valence-electron chi connectivity index (χ1n) is 4.33. The predicted octanol–water partition coefficient (Wildman–Crippen LogP) is 0.459. The molecule has 0 aromatic carbocycles. The van der Waals surface area contributed by atoms with Gasteiger partial charge in [-0.25, -0.2) is 0 Å². The van der Waals surface area contributed by atoms with Gasteiger partial charge < -0.3 is 10.0 Å². The molecular weight excluding hydrogens is 152 g/mol. The molecule has 0 radical (unpaired) electrons. The molecule has 1 fully saturated rings. The number of nitriles is 1. The fraction of sp³-hybridized carbons (Fsp3) is 0.889. The van der Waals surface area contributed by atoms with E-state index in [0.29, 0.717) is 0 Å². The highest BCUT2D eigenvalue weighted by molar-refractivity contribution is 5.09. The molecule has 0 bridgehead atoms. The summed E-state index contributed by atoms with van der Waals surface area (Å²) < 4.78 is 0. The smallest absolute Gasteiger partial charge is 0.158 e.